The summed E-state index contributed by atoms with van der Waals surface area (Å²) >= 11 is 0. The van der Waals surface area contributed by atoms with E-state index >= 15 is 0 Å². The summed E-state index contributed by atoms with van der Waals surface area (Å²) in [7, 11) is 0. The number of carbonyl (C=O) groups excluding carboxylic acids is 1. The summed E-state index contributed by atoms with van der Waals surface area (Å²) in [5.41, 5.74) is 3.55. The van der Waals surface area contributed by atoms with Gasteiger partial charge in [0.1, 0.15) is 0 Å². The quantitative estimate of drug-likeness (QED) is 0.907. The Hall–Kier alpha value is -1.42. The van der Waals surface area contributed by atoms with Gasteiger partial charge in [-0.15, -0.1) is 0 Å². The second-order valence-corrected chi connectivity index (χ2v) is 6.51. The Morgan fingerprint density at radius 2 is 2.24 bits per heavy atom. The molecule has 0 unspecified atom stereocenters. The van der Waals surface area contributed by atoms with Crippen molar-refractivity contribution in [3.8, 4) is 0 Å². The highest BCUT2D eigenvalue weighted by molar-refractivity contribution is 5.82. The lowest BCUT2D eigenvalue weighted by Gasteiger charge is -2.33. The smallest absolute Gasteiger partial charge is 0.240 e. The van der Waals surface area contributed by atoms with E-state index in [0.717, 1.165) is 44.6 Å². The summed E-state index contributed by atoms with van der Waals surface area (Å²) < 4.78 is 0. The van der Waals surface area contributed by atoms with Crippen molar-refractivity contribution in [2.45, 2.75) is 58.0 Å². The van der Waals surface area contributed by atoms with Gasteiger partial charge in [0.05, 0.1) is 6.04 Å². The predicted octanol–water partition coefficient (Wildman–Crippen LogP) is 2.23. The van der Waals surface area contributed by atoms with Crippen molar-refractivity contribution >= 4 is 5.91 Å². The number of piperidine rings is 1. The Morgan fingerprint density at radius 3 is 2.95 bits per heavy atom. The number of hydrogen-bond acceptors (Lipinski definition) is 3. The average molecular weight is 287 g/mol. The van der Waals surface area contributed by atoms with E-state index in [1.165, 1.54) is 17.7 Å². The van der Waals surface area contributed by atoms with Crippen LogP contribution in [0.5, 0.6) is 0 Å². The predicted molar refractivity (Wildman–Crippen MR) is 83.1 cm³/mol. The molecule has 21 heavy (non-hydrogen) atoms. The summed E-state index contributed by atoms with van der Waals surface area (Å²) in [6.07, 6.45) is 4.21. The number of carbonyl (C=O) groups is 1. The highest BCUT2D eigenvalue weighted by Crippen LogP contribution is 2.22. The monoisotopic (exact) mass is 287 g/mol. The van der Waals surface area contributed by atoms with E-state index in [9.17, 15) is 4.79 Å². The molecule has 1 saturated heterocycles. The van der Waals surface area contributed by atoms with Crippen LogP contribution in [-0.4, -0.2) is 34.9 Å². The fourth-order valence-electron chi connectivity index (χ4n) is 3.23. The van der Waals surface area contributed by atoms with Gasteiger partial charge in [-0.1, -0.05) is 26.3 Å². The minimum Gasteiger partial charge on any atom is -0.337 e. The maximum atomic E-state index is 12.6. The molecule has 1 N–H and O–H groups in total. The minimum atomic E-state index is 0.0307. The van der Waals surface area contributed by atoms with Crippen molar-refractivity contribution in [2.75, 3.05) is 13.1 Å². The maximum Gasteiger partial charge on any atom is 0.240 e. The summed E-state index contributed by atoms with van der Waals surface area (Å²) in [5.74, 6) is 0.731. The zero-order chi connectivity index (χ0) is 14.8. The first-order chi connectivity index (χ1) is 10.1. The lowest BCUT2D eigenvalue weighted by molar-refractivity contribution is -0.135. The zero-order valence-electron chi connectivity index (χ0n) is 13.1. The van der Waals surface area contributed by atoms with E-state index in [4.69, 9.17) is 4.98 Å². The molecule has 3 rings (SSSR count). The van der Waals surface area contributed by atoms with Gasteiger partial charge in [0, 0.05) is 30.9 Å². The van der Waals surface area contributed by atoms with Crippen molar-refractivity contribution in [3.05, 3.63) is 29.1 Å². The fourth-order valence-corrected chi connectivity index (χ4v) is 3.23. The number of rotatable bonds is 2. The van der Waals surface area contributed by atoms with Crippen LogP contribution in [0.2, 0.25) is 0 Å². The normalized spacial score (nSPS) is 22.2. The standard InChI is InChI=1S/C17H25N3O/c1-12(2)14-7-6-13-11-20(10-8-15(13)19-14)17(21)16-5-3-4-9-18-16/h6-7,12,16,18H,3-5,8-11H2,1-2H3/t16-/m1/s1. The van der Waals surface area contributed by atoms with Crippen LogP contribution in [0.3, 0.4) is 0 Å². The fraction of sp³-hybridized carbons (Fsp3) is 0.647. The molecule has 1 atom stereocenters. The number of fused-ring (bicyclic) bond motifs is 1. The number of aromatic nitrogens is 1. The molecular weight excluding hydrogens is 262 g/mol. The van der Waals surface area contributed by atoms with E-state index in [-0.39, 0.29) is 11.9 Å². The second-order valence-electron chi connectivity index (χ2n) is 6.51. The van der Waals surface area contributed by atoms with E-state index in [0.29, 0.717) is 5.92 Å². The first-order valence-electron chi connectivity index (χ1n) is 8.16. The average Bonchev–Trinajstić information content (AvgIpc) is 2.54. The van der Waals surface area contributed by atoms with E-state index < -0.39 is 0 Å². The Balaban J connectivity index is 1.70. The number of pyridine rings is 1. The molecule has 0 bridgehead atoms. The highest BCUT2D eigenvalue weighted by atomic mass is 16.2. The molecule has 0 radical (unpaired) electrons. The molecule has 1 aromatic rings. The third kappa shape index (κ3) is 3.10. The van der Waals surface area contributed by atoms with Crippen molar-refractivity contribution < 1.29 is 4.79 Å². The van der Waals surface area contributed by atoms with Gasteiger partial charge in [-0.25, -0.2) is 0 Å². The Morgan fingerprint density at radius 1 is 1.38 bits per heavy atom. The van der Waals surface area contributed by atoms with Crippen LogP contribution in [-0.2, 0) is 17.8 Å². The van der Waals surface area contributed by atoms with Gasteiger partial charge >= 0.3 is 0 Å². The number of nitrogens with zero attached hydrogens (tertiary/aromatic N) is 2. The molecule has 0 saturated carbocycles. The molecule has 1 amide bonds. The minimum absolute atomic E-state index is 0.0307. The molecule has 1 fully saturated rings. The van der Waals surface area contributed by atoms with E-state index in [1.807, 2.05) is 4.90 Å². The van der Waals surface area contributed by atoms with Gasteiger partial charge in [0.15, 0.2) is 0 Å². The van der Waals surface area contributed by atoms with Gasteiger partial charge in [0.2, 0.25) is 5.91 Å². The van der Waals surface area contributed by atoms with E-state index in [1.54, 1.807) is 0 Å². The van der Waals surface area contributed by atoms with Crippen LogP contribution in [0.15, 0.2) is 12.1 Å². The van der Waals surface area contributed by atoms with Crippen LogP contribution in [0.1, 0.15) is 56.0 Å². The van der Waals surface area contributed by atoms with Gasteiger partial charge in [-0.2, -0.15) is 0 Å². The van der Waals surface area contributed by atoms with Crippen LogP contribution in [0.4, 0.5) is 0 Å². The summed E-state index contributed by atoms with van der Waals surface area (Å²) in [4.78, 5) is 19.3. The topological polar surface area (TPSA) is 45.2 Å². The van der Waals surface area contributed by atoms with Gasteiger partial charge in [-0.3, -0.25) is 9.78 Å². The van der Waals surface area contributed by atoms with Crippen molar-refractivity contribution in [1.29, 1.82) is 0 Å². The van der Waals surface area contributed by atoms with Crippen LogP contribution in [0.25, 0.3) is 0 Å². The lowest BCUT2D eigenvalue weighted by atomic mass is 9.99. The Labute approximate surface area is 126 Å². The van der Waals surface area contributed by atoms with Crippen molar-refractivity contribution in [2.24, 2.45) is 0 Å². The van der Waals surface area contributed by atoms with Crippen LogP contribution in [0, 0.1) is 0 Å². The molecule has 114 valence electrons. The summed E-state index contributed by atoms with van der Waals surface area (Å²) in [5, 5.41) is 3.36. The molecule has 1 aromatic heterocycles. The third-order valence-electron chi connectivity index (χ3n) is 4.58. The van der Waals surface area contributed by atoms with Crippen LogP contribution < -0.4 is 5.32 Å². The van der Waals surface area contributed by atoms with Crippen molar-refractivity contribution in [3.63, 3.8) is 0 Å². The number of nitrogens with one attached hydrogen (secondary N) is 1. The first kappa shape index (κ1) is 14.5. The summed E-state index contributed by atoms with van der Waals surface area (Å²) in [6.45, 7) is 6.83. The SMILES string of the molecule is CC(C)c1ccc2c(n1)CCN(C(=O)[C@H]1CCCCN1)C2. The van der Waals surface area contributed by atoms with Gasteiger partial charge < -0.3 is 10.2 Å². The third-order valence-corrected chi connectivity index (χ3v) is 4.58. The lowest BCUT2D eigenvalue weighted by Crippen LogP contribution is -2.49. The summed E-state index contributed by atoms with van der Waals surface area (Å²) in [6, 6.07) is 4.30. The largest absolute Gasteiger partial charge is 0.337 e. The van der Waals surface area contributed by atoms with Crippen LogP contribution >= 0.6 is 0 Å². The van der Waals surface area contributed by atoms with Gasteiger partial charge in [-0.05, 0) is 36.9 Å². The van der Waals surface area contributed by atoms with Crippen molar-refractivity contribution in [1.82, 2.24) is 15.2 Å². The molecule has 0 aromatic carbocycles. The molecule has 3 heterocycles. The molecule has 2 aliphatic heterocycles. The zero-order valence-corrected chi connectivity index (χ0v) is 13.1. The highest BCUT2D eigenvalue weighted by Gasteiger charge is 2.28. The molecule has 0 aliphatic carbocycles. The molecular formula is C17H25N3O. The number of hydrogen-bond donors (Lipinski definition) is 1. The molecule has 4 nitrogen and oxygen atoms in total. The molecule has 2 aliphatic rings. The van der Waals surface area contributed by atoms with E-state index in [2.05, 4.69) is 31.3 Å². The Kier molecular flexibility index (Phi) is 4.24. The molecule has 4 heteroatoms. The Bertz CT molecular complexity index is 521. The first-order valence-corrected chi connectivity index (χ1v) is 8.16. The maximum absolute atomic E-state index is 12.6. The van der Waals surface area contributed by atoms with Gasteiger partial charge in [0.25, 0.3) is 0 Å². The number of amides is 1. The second kappa shape index (κ2) is 6.14. The molecule has 0 spiro atoms.